The molecule has 0 N–H and O–H groups in total. The Morgan fingerprint density at radius 2 is 1.70 bits per heavy atom. The minimum absolute atomic E-state index is 0.0214. The lowest BCUT2D eigenvalue weighted by Crippen LogP contribution is -2.47. The predicted octanol–water partition coefficient (Wildman–Crippen LogP) is 5.81. The smallest absolute Gasteiger partial charge is 0.161 e. The second kappa shape index (κ2) is 8.79. The number of likely N-dealkylation sites (tertiary alicyclic amines) is 1. The summed E-state index contributed by atoms with van der Waals surface area (Å²) in [5, 5.41) is 4.91. The molecule has 1 saturated heterocycles. The van der Waals surface area contributed by atoms with Gasteiger partial charge in [-0.1, -0.05) is 25.1 Å². The number of hydrogen-bond acceptors (Lipinski definition) is 5. The van der Waals surface area contributed by atoms with Crippen LogP contribution in [0.5, 0.6) is 11.5 Å². The van der Waals surface area contributed by atoms with E-state index in [4.69, 9.17) is 19.5 Å². The standard InChI is InChI=1S/C28H42N2O3/c1-19-12-21-13-20(2)17-27(16-19,18-21)33-29-23-8-9-28(10-11-30(3)26(28)15-23)22-6-7-24(31-4)25(14-22)32-5/h6-7,14,19-21,26H,8-13,15-18H2,1-5H3/b29-23-. The van der Waals surface area contributed by atoms with E-state index in [0.717, 1.165) is 55.1 Å². The molecule has 5 heteroatoms. The van der Waals surface area contributed by atoms with Crippen molar-refractivity contribution in [2.75, 3.05) is 27.8 Å². The van der Waals surface area contributed by atoms with Gasteiger partial charge in [-0.2, -0.15) is 0 Å². The molecule has 3 saturated carbocycles. The van der Waals surface area contributed by atoms with Gasteiger partial charge in [0.05, 0.1) is 19.9 Å². The minimum atomic E-state index is -0.0214. The van der Waals surface area contributed by atoms with Gasteiger partial charge < -0.3 is 19.2 Å². The van der Waals surface area contributed by atoms with Gasteiger partial charge in [-0.3, -0.25) is 0 Å². The van der Waals surface area contributed by atoms with Gasteiger partial charge in [0.2, 0.25) is 0 Å². The summed E-state index contributed by atoms with van der Waals surface area (Å²) in [6, 6.07) is 6.97. The molecule has 5 nitrogen and oxygen atoms in total. The summed E-state index contributed by atoms with van der Waals surface area (Å²) in [4.78, 5) is 9.08. The molecule has 0 aromatic heterocycles. The number of methoxy groups -OCH3 is 2. The highest BCUT2D eigenvalue weighted by molar-refractivity contribution is 5.86. The average molecular weight is 455 g/mol. The fourth-order valence-corrected chi connectivity index (χ4v) is 8.05. The van der Waals surface area contributed by atoms with Crippen LogP contribution in [0.1, 0.15) is 77.2 Å². The van der Waals surface area contributed by atoms with Gasteiger partial charge in [0, 0.05) is 17.9 Å². The first-order chi connectivity index (χ1) is 15.9. The van der Waals surface area contributed by atoms with Crippen molar-refractivity contribution in [3.8, 4) is 11.5 Å². The molecule has 4 fully saturated rings. The number of nitrogens with zero attached hydrogens (tertiary/aromatic N) is 2. The number of rotatable bonds is 5. The van der Waals surface area contributed by atoms with Crippen molar-refractivity contribution in [1.29, 1.82) is 0 Å². The molecule has 1 heterocycles. The Morgan fingerprint density at radius 3 is 2.39 bits per heavy atom. The highest BCUT2D eigenvalue weighted by atomic mass is 16.6. The number of likely N-dealkylation sites (N-methyl/N-ethyl adjacent to an activating group) is 1. The zero-order valence-corrected chi connectivity index (χ0v) is 21.2. The molecule has 4 unspecified atom stereocenters. The molecule has 0 amide bonds. The average Bonchev–Trinajstić information content (AvgIpc) is 3.13. The Kier molecular flexibility index (Phi) is 6.13. The van der Waals surface area contributed by atoms with Crippen LogP contribution in [0.3, 0.4) is 0 Å². The molecule has 0 spiro atoms. The molecule has 4 atom stereocenters. The topological polar surface area (TPSA) is 43.3 Å². The summed E-state index contributed by atoms with van der Waals surface area (Å²) in [6.45, 7) is 5.92. The van der Waals surface area contributed by atoms with Crippen LogP contribution in [0.2, 0.25) is 0 Å². The molecule has 3 aliphatic carbocycles. The Labute approximate surface area is 199 Å². The molecule has 0 radical (unpaired) electrons. The van der Waals surface area contributed by atoms with E-state index < -0.39 is 0 Å². The zero-order chi connectivity index (χ0) is 23.2. The minimum Gasteiger partial charge on any atom is -0.493 e. The molecular weight excluding hydrogens is 412 g/mol. The molecule has 1 aliphatic heterocycles. The van der Waals surface area contributed by atoms with Gasteiger partial charge in [0.15, 0.2) is 11.5 Å². The van der Waals surface area contributed by atoms with E-state index in [-0.39, 0.29) is 11.0 Å². The maximum absolute atomic E-state index is 6.54. The molecule has 5 rings (SSSR count). The largest absolute Gasteiger partial charge is 0.493 e. The summed E-state index contributed by atoms with van der Waals surface area (Å²) in [7, 11) is 5.70. The van der Waals surface area contributed by atoms with Gasteiger partial charge in [0.25, 0.3) is 0 Å². The normalized spacial score (nSPS) is 39.8. The Balaban J connectivity index is 1.36. The van der Waals surface area contributed by atoms with Crippen molar-refractivity contribution < 1.29 is 14.3 Å². The number of oxime groups is 1. The fraction of sp³-hybridized carbons (Fsp3) is 0.750. The van der Waals surface area contributed by atoms with Crippen LogP contribution in [-0.2, 0) is 10.3 Å². The molecule has 33 heavy (non-hydrogen) atoms. The van der Waals surface area contributed by atoms with E-state index in [0.29, 0.717) is 6.04 Å². The Bertz CT molecular complexity index is 880. The maximum Gasteiger partial charge on any atom is 0.161 e. The van der Waals surface area contributed by atoms with Crippen molar-refractivity contribution in [1.82, 2.24) is 4.90 Å². The lowest BCUT2D eigenvalue weighted by atomic mass is 9.63. The second-order valence-electron chi connectivity index (χ2n) is 11.8. The Hall–Kier alpha value is -1.75. The lowest BCUT2D eigenvalue weighted by molar-refractivity contribution is -0.129. The third-order valence-electron chi connectivity index (χ3n) is 9.27. The molecule has 2 bridgehead atoms. The summed E-state index contributed by atoms with van der Waals surface area (Å²) < 4.78 is 11.1. The van der Waals surface area contributed by atoms with Gasteiger partial charge in [-0.25, -0.2) is 0 Å². The van der Waals surface area contributed by atoms with Crippen LogP contribution in [0.15, 0.2) is 23.4 Å². The monoisotopic (exact) mass is 454 g/mol. The van der Waals surface area contributed by atoms with Crippen LogP contribution in [0.4, 0.5) is 0 Å². The highest BCUT2D eigenvalue weighted by Crippen LogP contribution is 2.51. The van der Waals surface area contributed by atoms with Crippen LogP contribution < -0.4 is 9.47 Å². The summed E-state index contributed by atoms with van der Waals surface area (Å²) >= 11 is 0. The highest BCUT2D eigenvalue weighted by Gasteiger charge is 2.51. The van der Waals surface area contributed by atoms with Crippen molar-refractivity contribution >= 4 is 5.71 Å². The van der Waals surface area contributed by atoms with E-state index in [1.807, 2.05) is 0 Å². The molecule has 1 aromatic rings. The van der Waals surface area contributed by atoms with Crippen molar-refractivity contribution in [2.24, 2.45) is 22.9 Å². The van der Waals surface area contributed by atoms with Gasteiger partial charge >= 0.3 is 0 Å². The predicted molar refractivity (Wildman–Crippen MR) is 132 cm³/mol. The SMILES string of the molecule is COc1ccc(C23CC/C(=N/OC45CC(C)CC(CC(C)C4)C5)CC2N(C)CC3)cc1OC. The molecule has 4 aliphatic rings. The van der Waals surface area contributed by atoms with Crippen LogP contribution in [0, 0.1) is 17.8 Å². The van der Waals surface area contributed by atoms with Crippen LogP contribution in [-0.4, -0.2) is 50.1 Å². The lowest BCUT2D eigenvalue weighted by Gasteiger charge is -2.48. The van der Waals surface area contributed by atoms with Gasteiger partial charge in [-0.15, -0.1) is 0 Å². The van der Waals surface area contributed by atoms with Crippen LogP contribution in [0.25, 0.3) is 0 Å². The first kappa shape index (κ1) is 23.0. The number of benzene rings is 1. The van der Waals surface area contributed by atoms with Crippen molar-refractivity contribution in [2.45, 2.75) is 88.7 Å². The number of fused-ring (bicyclic) bond motifs is 3. The molecule has 1 aromatic carbocycles. The molecular formula is C28H42N2O3. The summed E-state index contributed by atoms with van der Waals surface area (Å²) in [5.41, 5.74) is 2.76. The summed E-state index contributed by atoms with van der Waals surface area (Å²) in [6.07, 6.45) is 10.6. The first-order valence-corrected chi connectivity index (χ1v) is 13.0. The van der Waals surface area contributed by atoms with Crippen LogP contribution >= 0.6 is 0 Å². The van der Waals surface area contributed by atoms with Gasteiger partial charge in [-0.05, 0) is 100 Å². The van der Waals surface area contributed by atoms with Crippen molar-refractivity contribution in [3.05, 3.63) is 23.8 Å². The quantitative estimate of drug-likeness (QED) is 0.527. The van der Waals surface area contributed by atoms with E-state index in [1.54, 1.807) is 14.2 Å². The number of ether oxygens (including phenoxy) is 2. The third-order valence-corrected chi connectivity index (χ3v) is 9.27. The number of hydrogen-bond donors (Lipinski definition) is 0. The van der Waals surface area contributed by atoms with Crippen molar-refractivity contribution in [3.63, 3.8) is 0 Å². The Morgan fingerprint density at radius 1 is 0.970 bits per heavy atom. The second-order valence-corrected chi connectivity index (χ2v) is 11.8. The van der Waals surface area contributed by atoms with E-state index in [9.17, 15) is 0 Å². The summed E-state index contributed by atoms with van der Waals surface area (Å²) in [5.74, 6) is 3.95. The zero-order valence-electron chi connectivity index (χ0n) is 21.2. The fourth-order valence-electron chi connectivity index (χ4n) is 8.05. The maximum atomic E-state index is 6.54. The molecule has 182 valence electrons. The van der Waals surface area contributed by atoms with E-state index in [2.05, 4.69) is 44.0 Å². The first-order valence-electron chi connectivity index (χ1n) is 13.0. The van der Waals surface area contributed by atoms with Gasteiger partial charge in [0.1, 0.15) is 5.60 Å². The van der Waals surface area contributed by atoms with E-state index >= 15 is 0 Å². The van der Waals surface area contributed by atoms with E-state index in [1.165, 1.54) is 49.8 Å². The third kappa shape index (κ3) is 4.15.